The number of hydrogen-bond acceptors (Lipinski definition) is 3. The average molecular weight is 395 g/mol. The van der Waals surface area contributed by atoms with Gasteiger partial charge < -0.3 is 10.6 Å². The number of benzene rings is 3. The highest BCUT2D eigenvalue weighted by Crippen LogP contribution is 2.21. The molecule has 1 aromatic heterocycles. The van der Waals surface area contributed by atoms with Crippen LogP contribution in [-0.4, -0.2) is 23.3 Å². The summed E-state index contributed by atoms with van der Waals surface area (Å²) in [6.45, 7) is 0.529. The van der Waals surface area contributed by atoms with Gasteiger partial charge in [0.1, 0.15) is 0 Å². The quantitative estimate of drug-likeness (QED) is 0.506. The third-order valence-corrected chi connectivity index (χ3v) is 4.81. The van der Waals surface area contributed by atoms with E-state index in [1.165, 1.54) is 0 Å². The van der Waals surface area contributed by atoms with Crippen molar-refractivity contribution in [3.05, 3.63) is 108 Å². The monoisotopic (exact) mass is 395 g/mol. The number of hydrogen-bond donors (Lipinski definition) is 2. The number of rotatable bonds is 6. The van der Waals surface area contributed by atoms with Crippen molar-refractivity contribution >= 4 is 28.4 Å². The van der Waals surface area contributed by atoms with Crippen molar-refractivity contribution in [1.82, 2.24) is 10.3 Å². The number of nitrogens with zero attached hydrogens (tertiary/aromatic N) is 1. The highest BCUT2D eigenvalue weighted by molar-refractivity contribution is 6.09. The Morgan fingerprint density at radius 3 is 2.33 bits per heavy atom. The lowest BCUT2D eigenvalue weighted by Crippen LogP contribution is -2.26. The van der Waals surface area contributed by atoms with Crippen LogP contribution in [0.4, 0.5) is 5.69 Å². The number of anilines is 1. The van der Waals surface area contributed by atoms with Gasteiger partial charge in [-0.05, 0) is 42.3 Å². The van der Waals surface area contributed by atoms with E-state index < -0.39 is 0 Å². The summed E-state index contributed by atoms with van der Waals surface area (Å²) in [5.41, 5.74) is 3.39. The third kappa shape index (κ3) is 4.52. The van der Waals surface area contributed by atoms with Crippen LogP contribution < -0.4 is 10.6 Å². The summed E-state index contributed by atoms with van der Waals surface area (Å²) in [7, 11) is 0. The largest absolute Gasteiger partial charge is 0.352 e. The summed E-state index contributed by atoms with van der Waals surface area (Å²) in [5, 5.41) is 6.75. The molecule has 2 amide bonds. The van der Waals surface area contributed by atoms with Crippen LogP contribution in [-0.2, 0) is 6.42 Å². The zero-order valence-corrected chi connectivity index (χ0v) is 16.3. The van der Waals surface area contributed by atoms with E-state index in [9.17, 15) is 9.59 Å². The van der Waals surface area contributed by atoms with Gasteiger partial charge in [-0.2, -0.15) is 0 Å². The van der Waals surface area contributed by atoms with E-state index >= 15 is 0 Å². The summed E-state index contributed by atoms with van der Waals surface area (Å²) < 4.78 is 0. The molecule has 0 saturated heterocycles. The van der Waals surface area contributed by atoms with Crippen molar-refractivity contribution in [2.24, 2.45) is 0 Å². The minimum atomic E-state index is -0.285. The van der Waals surface area contributed by atoms with Gasteiger partial charge in [0, 0.05) is 29.3 Å². The topological polar surface area (TPSA) is 71.1 Å². The normalized spacial score (nSPS) is 10.5. The van der Waals surface area contributed by atoms with Crippen LogP contribution >= 0.6 is 0 Å². The van der Waals surface area contributed by atoms with E-state index in [1.54, 1.807) is 30.5 Å². The summed E-state index contributed by atoms with van der Waals surface area (Å²) >= 11 is 0. The van der Waals surface area contributed by atoms with Crippen LogP contribution in [0.2, 0.25) is 0 Å². The Morgan fingerprint density at radius 2 is 1.50 bits per heavy atom. The van der Waals surface area contributed by atoms with Crippen molar-refractivity contribution in [3.63, 3.8) is 0 Å². The van der Waals surface area contributed by atoms with Gasteiger partial charge in [-0.15, -0.1) is 0 Å². The number of amides is 2. The smallest absolute Gasteiger partial charge is 0.255 e. The molecule has 0 aliphatic heterocycles. The van der Waals surface area contributed by atoms with Gasteiger partial charge >= 0.3 is 0 Å². The lowest BCUT2D eigenvalue weighted by molar-refractivity contribution is 0.0954. The number of pyridine rings is 1. The second kappa shape index (κ2) is 9.01. The number of carbonyl (C=O) groups excluding carboxylic acids is 2. The molecular weight excluding hydrogens is 374 g/mol. The zero-order valence-electron chi connectivity index (χ0n) is 16.3. The highest BCUT2D eigenvalue weighted by Gasteiger charge is 2.12. The Morgan fingerprint density at radius 1 is 0.767 bits per heavy atom. The first kappa shape index (κ1) is 19.3. The van der Waals surface area contributed by atoms with Gasteiger partial charge in [-0.25, -0.2) is 0 Å². The van der Waals surface area contributed by atoms with E-state index in [0.717, 1.165) is 22.9 Å². The van der Waals surface area contributed by atoms with Gasteiger partial charge in [-0.1, -0.05) is 54.6 Å². The van der Waals surface area contributed by atoms with Gasteiger partial charge in [0.2, 0.25) is 0 Å². The number of aromatic nitrogens is 1. The molecule has 0 fully saturated rings. The summed E-state index contributed by atoms with van der Waals surface area (Å²) in [6, 6.07) is 26.1. The summed E-state index contributed by atoms with van der Waals surface area (Å²) in [6.07, 6.45) is 2.44. The fourth-order valence-electron chi connectivity index (χ4n) is 3.27. The first-order chi connectivity index (χ1) is 14.7. The van der Waals surface area contributed by atoms with Crippen molar-refractivity contribution in [2.45, 2.75) is 6.42 Å². The first-order valence-electron chi connectivity index (χ1n) is 9.78. The van der Waals surface area contributed by atoms with Crippen LogP contribution in [0.5, 0.6) is 0 Å². The highest BCUT2D eigenvalue weighted by atomic mass is 16.2. The Balaban J connectivity index is 1.43. The molecule has 5 nitrogen and oxygen atoms in total. The maximum Gasteiger partial charge on any atom is 0.255 e. The maximum absolute atomic E-state index is 12.8. The van der Waals surface area contributed by atoms with Gasteiger partial charge in [-0.3, -0.25) is 14.6 Å². The van der Waals surface area contributed by atoms with E-state index in [-0.39, 0.29) is 11.8 Å². The van der Waals surface area contributed by atoms with Crippen molar-refractivity contribution in [1.29, 1.82) is 0 Å². The molecule has 0 bridgehead atoms. The minimum absolute atomic E-state index is 0.201. The molecule has 1 heterocycles. The molecule has 148 valence electrons. The molecular formula is C25H21N3O2. The fourth-order valence-corrected chi connectivity index (χ4v) is 3.27. The Labute approximate surface area is 174 Å². The molecule has 4 aromatic rings. The van der Waals surface area contributed by atoms with Crippen LogP contribution in [0.15, 0.2) is 91.1 Å². The van der Waals surface area contributed by atoms with E-state index in [0.29, 0.717) is 23.4 Å². The Kier molecular flexibility index (Phi) is 5.80. The van der Waals surface area contributed by atoms with Crippen LogP contribution in [0.25, 0.3) is 10.9 Å². The first-order valence-corrected chi connectivity index (χ1v) is 9.78. The Hall–Kier alpha value is -3.99. The van der Waals surface area contributed by atoms with Crippen LogP contribution in [0.1, 0.15) is 26.3 Å². The van der Waals surface area contributed by atoms with E-state index in [4.69, 9.17) is 0 Å². The van der Waals surface area contributed by atoms with Crippen molar-refractivity contribution in [2.75, 3.05) is 11.9 Å². The molecule has 2 N–H and O–H groups in total. The molecule has 0 radical (unpaired) electrons. The molecule has 4 rings (SSSR count). The zero-order chi connectivity index (χ0) is 20.8. The third-order valence-electron chi connectivity index (χ3n) is 4.81. The van der Waals surface area contributed by atoms with Crippen molar-refractivity contribution in [3.8, 4) is 0 Å². The average Bonchev–Trinajstić information content (AvgIpc) is 2.80. The lowest BCUT2D eigenvalue weighted by Gasteiger charge is -2.09. The molecule has 30 heavy (non-hydrogen) atoms. The number of nitrogens with one attached hydrogen (secondary N) is 2. The predicted octanol–water partition coefficient (Wildman–Crippen LogP) is 4.46. The van der Waals surface area contributed by atoms with Crippen molar-refractivity contribution < 1.29 is 9.59 Å². The van der Waals surface area contributed by atoms with E-state index in [1.807, 2.05) is 60.7 Å². The molecule has 3 aromatic carbocycles. The minimum Gasteiger partial charge on any atom is -0.352 e. The number of fused-ring (bicyclic) bond motifs is 1. The van der Waals surface area contributed by atoms with Gasteiger partial charge in [0.15, 0.2) is 0 Å². The summed E-state index contributed by atoms with van der Waals surface area (Å²) in [5.74, 6) is -0.487. The number of para-hydroxylation sites is 1. The SMILES string of the molecule is O=C(NCCc1ccccc1)c1cccc(C(=O)Nc2cccc3cccnc23)c1. The fraction of sp³-hybridized carbons (Fsp3) is 0.0800. The maximum atomic E-state index is 12.8. The lowest BCUT2D eigenvalue weighted by atomic mass is 10.1. The van der Waals surface area contributed by atoms with Gasteiger partial charge in [0.25, 0.3) is 11.8 Å². The summed E-state index contributed by atoms with van der Waals surface area (Å²) in [4.78, 5) is 29.6. The molecule has 0 unspecified atom stereocenters. The van der Waals surface area contributed by atoms with E-state index in [2.05, 4.69) is 15.6 Å². The molecule has 5 heteroatoms. The van der Waals surface area contributed by atoms with Gasteiger partial charge in [0.05, 0.1) is 11.2 Å². The van der Waals surface area contributed by atoms with Crippen LogP contribution in [0, 0.1) is 0 Å². The molecule has 0 aliphatic carbocycles. The second-order valence-electron chi connectivity index (χ2n) is 6.91. The molecule has 0 spiro atoms. The second-order valence-corrected chi connectivity index (χ2v) is 6.91. The standard InChI is InChI=1S/C25H21N3O2/c29-24(27-16-14-18-7-2-1-3-8-18)20-10-4-11-21(17-20)25(30)28-22-13-5-9-19-12-6-15-26-23(19)22/h1-13,15,17H,14,16H2,(H,27,29)(H,28,30). The molecule has 0 saturated carbocycles. The number of carbonyl (C=O) groups is 2. The molecule has 0 atom stereocenters. The predicted molar refractivity (Wildman–Crippen MR) is 119 cm³/mol. The van der Waals surface area contributed by atoms with Crippen LogP contribution in [0.3, 0.4) is 0 Å². The Bertz CT molecular complexity index is 1180. The molecule has 0 aliphatic rings.